The minimum absolute atomic E-state index is 0.0734. The number of rotatable bonds is 5. The Kier molecular flexibility index (Phi) is 4.81. The maximum atomic E-state index is 12.0. The summed E-state index contributed by atoms with van der Waals surface area (Å²) in [6.07, 6.45) is 4.06. The monoisotopic (exact) mass is 424 g/mol. The van der Waals surface area contributed by atoms with Gasteiger partial charge < -0.3 is 15.3 Å². The van der Waals surface area contributed by atoms with Gasteiger partial charge in [0.2, 0.25) is 0 Å². The number of carbonyl (C=O) groups is 1. The SMILES string of the molecule is [2H]C([2H])([2H])C[C@@H]1[C@@H]2C[C@H](O)CC[C@]2(C)C2CC[C@@]3(C)C(CC[C@@H]3[C@H](C)CCC(=O)O)C2C1([2H])O. The van der Waals surface area contributed by atoms with Gasteiger partial charge in [-0.2, -0.15) is 0 Å². The van der Waals surface area contributed by atoms with E-state index in [-0.39, 0.29) is 53.3 Å². The van der Waals surface area contributed by atoms with Crippen LogP contribution in [0.5, 0.6) is 0 Å². The summed E-state index contributed by atoms with van der Waals surface area (Å²) in [6.45, 7) is 4.44. The van der Waals surface area contributed by atoms with Crippen molar-refractivity contribution in [2.75, 3.05) is 0 Å². The zero-order valence-corrected chi connectivity index (χ0v) is 18.9. The summed E-state index contributed by atoms with van der Waals surface area (Å²) in [7, 11) is 0. The molecule has 4 rings (SSSR count). The van der Waals surface area contributed by atoms with Crippen molar-refractivity contribution in [2.24, 2.45) is 52.3 Å². The van der Waals surface area contributed by atoms with Gasteiger partial charge in [-0.1, -0.05) is 34.0 Å². The standard InChI is InChI=1S/C26H44O4/c1-5-17-21-14-16(27)10-12-26(21,4)20-11-13-25(3)18(15(2)6-9-22(28)29)7-8-19(25)23(20)24(17)30/h15-21,23-24,27,30H,5-14H2,1-4H3,(H,28,29)/t15-,16-,17-,18-,19?,20?,21+,23?,24?,25-,26-/m1/s1/i1D3,24D. The third-order valence-electron chi connectivity index (χ3n) is 10.5. The van der Waals surface area contributed by atoms with Crippen molar-refractivity contribution in [1.82, 2.24) is 0 Å². The third kappa shape index (κ3) is 3.36. The van der Waals surface area contributed by atoms with E-state index in [1.165, 1.54) is 0 Å². The van der Waals surface area contributed by atoms with E-state index in [1.54, 1.807) is 0 Å². The second-order valence-electron chi connectivity index (χ2n) is 11.7. The lowest BCUT2D eigenvalue weighted by molar-refractivity contribution is -0.203. The van der Waals surface area contributed by atoms with Crippen molar-refractivity contribution < 1.29 is 25.6 Å². The lowest BCUT2D eigenvalue weighted by Gasteiger charge is -2.64. The van der Waals surface area contributed by atoms with Crippen LogP contribution in [0.25, 0.3) is 0 Å². The fraction of sp³-hybridized carbons (Fsp3) is 0.962. The molecule has 0 spiro atoms. The Morgan fingerprint density at radius 3 is 2.50 bits per heavy atom. The third-order valence-corrected chi connectivity index (χ3v) is 10.5. The van der Waals surface area contributed by atoms with Gasteiger partial charge in [0.25, 0.3) is 0 Å². The van der Waals surface area contributed by atoms with Gasteiger partial charge in [0.1, 0.15) is 0 Å². The molecule has 4 unspecified atom stereocenters. The van der Waals surface area contributed by atoms with E-state index in [1.807, 2.05) is 0 Å². The molecule has 4 nitrogen and oxygen atoms in total. The molecule has 4 heteroatoms. The van der Waals surface area contributed by atoms with Gasteiger partial charge in [-0.25, -0.2) is 0 Å². The summed E-state index contributed by atoms with van der Waals surface area (Å²) >= 11 is 0. The number of carboxylic acids is 1. The van der Waals surface area contributed by atoms with E-state index in [0.29, 0.717) is 25.2 Å². The summed E-state index contributed by atoms with van der Waals surface area (Å²) in [5.41, 5.74) is -0.253. The predicted octanol–water partition coefficient (Wildman–Crippen LogP) is 5.11. The number of aliphatic carboxylic acids is 1. The summed E-state index contributed by atoms with van der Waals surface area (Å²) in [4.78, 5) is 11.2. The van der Waals surface area contributed by atoms with Crippen molar-refractivity contribution in [3.05, 3.63) is 0 Å². The van der Waals surface area contributed by atoms with E-state index in [9.17, 15) is 21.5 Å². The van der Waals surface area contributed by atoms with Crippen LogP contribution in [0, 0.1) is 52.3 Å². The van der Waals surface area contributed by atoms with Gasteiger partial charge in [-0.15, -0.1) is 0 Å². The van der Waals surface area contributed by atoms with Crippen LogP contribution >= 0.6 is 0 Å². The second-order valence-corrected chi connectivity index (χ2v) is 11.7. The first-order valence-corrected chi connectivity index (χ1v) is 12.2. The van der Waals surface area contributed by atoms with Gasteiger partial charge in [-0.05, 0) is 104 Å². The van der Waals surface area contributed by atoms with Gasteiger partial charge >= 0.3 is 5.97 Å². The summed E-state index contributed by atoms with van der Waals surface area (Å²) in [5, 5.41) is 31.6. The van der Waals surface area contributed by atoms with E-state index in [0.717, 1.165) is 32.1 Å². The molecule has 4 fully saturated rings. The summed E-state index contributed by atoms with van der Waals surface area (Å²) < 4.78 is 33.3. The zero-order valence-electron chi connectivity index (χ0n) is 22.9. The lowest BCUT2D eigenvalue weighted by Crippen LogP contribution is -2.62. The average molecular weight is 425 g/mol. The number of fused-ring (bicyclic) bond motifs is 5. The van der Waals surface area contributed by atoms with Crippen LogP contribution in [0.1, 0.15) is 97.3 Å². The minimum atomic E-state index is -2.24. The Hall–Kier alpha value is -0.610. The van der Waals surface area contributed by atoms with Crippen LogP contribution in [0.2, 0.25) is 0 Å². The molecule has 3 N–H and O–H groups in total. The molecule has 4 aliphatic carbocycles. The molecule has 0 aliphatic heterocycles. The van der Waals surface area contributed by atoms with E-state index >= 15 is 0 Å². The van der Waals surface area contributed by atoms with Crippen LogP contribution in [0.15, 0.2) is 0 Å². The first-order valence-electron chi connectivity index (χ1n) is 14.2. The largest absolute Gasteiger partial charge is 0.481 e. The van der Waals surface area contributed by atoms with Crippen LogP contribution in [-0.4, -0.2) is 33.5 Å². The van der Waals surface area contributed by atoms with Gasteiger partial charge in [0.05, 0.1) is 13.6 Å². The van der Waals surface area contributed by atoms with Crippen molar-refractivity contribution in [2.45, 2.75) is 104 Å². The highest BCUT2D eigenvalue weighted by Crippen LogP contribution is 2.69. The molecule has 30 heavy (non-hydrogen) atoms. The molecule has 0 amide bonds. The Morgan fingerprint density at radius 1 is 1.10 bits per heavy atom. The number of aliphatic hydroxyl groups is 2. The van der Waals surface area contributed by atoms with Crippen molar-refractivity contribution in [1.29, 1.82) is 0 Å². The molecule has 4 aliphatic rings. The number of hydrogen-bond acceptors (Lipinski definition) is 3. The maximum absolute atomic E-state index is 12.0. The topological polar surface area (TPSA) is 77.8 Å². The number of carboxylic acid groups (broad SMARTS) is 1. The molecule has 0 aromatic heterocycles. The maximum Gasteiger partial charge on any atom is 0.303 e. The van der Waals surface area contributed by atoms with Gasteiger partial charge in [-0.3, -0.25) is 4.79 Å². The Bertz CT molecular complexity index is 785. The Morgan fingerprint density at radius 2 is 1.80 bits per heavy atom. The van der Waals surface area contributed by atoms with Crippen LogP contribution in [0.3, 0.4) is 0 Å². The lowest BCUT2D eigenvalue weighted by atomic mass is 9.41. The van der Waals surface area contributed by atoms with Crippen molar-refractivity contribution >= 4 is 5.97 Å². The van der Waals surface area contributed by atoms with Gasteiger partial charge in [0, 0.05) is 10.5 Å². The smallest absolute Gasteiger partial charge is 0.303 e. The fourth-order valence-corrected chi connectivity index (χ4v) is 8.95. The molecular formula is C26H44O4. The van der Waals surface area contributed by atoms with Crippen LogP contribution in [0.4, 0.5) is 0 Å². The first-order chi connectivity index (χ1) is 15.6. The quantitative estimate of drug-likeness (QED) is 0.573. The Balaban J connectivity index is 1.70. The van der Waals surface area contributed by atoms with E-state index in [2.05, 4.69) is 20.8 Å². The number of aliphatic hydroxyl groups excluding tert-OH is 1. The van der Waals surface area contributed by atoms with E-state index in [4.69, 9.17) is 4.11 Å². The second kappa shape index (κ2) is 8.06. The van der Waals surface area contributed by atoms with Crippen molar-refractivity contribution in [3.8, 4) is 0 Å². The normalized spacial score (nSPS) is 56.4. The fourth-order valence-electron chi connectivity index (χ4n) is 8.95. The average Bonchev–Trinajstić information content (AvgIpc) is 3.07. The Labute approximate surface area is 188 Å². The molecule has 0 bridgehead atoms. The summed E-state index contributed by atoms with van der Waals surface area (Å²) in [5.74, 6) is -1.02. The molecule has 4 saturated carbocycles. The highest BCUT2D eigenvalue weighted by atomic mass is 16.4. The first kappa shape index (κ1) is 17.9. The molecule has 0 radical (unpaired) electrons. The zero-order chi connectivity index (χ0) is 25.3. The number of hydrogen-bond donors (Lipinski definition) is 3. The van der Waals surface area contributed by atoms with Crippen LogP contribution in [-0.2, 0) is 4.79 Å². The summed E-state index contributed by atoms with van der Waals surface area (Å²) in [6, 6.07) is 0. The van der Waals surface area contributed by atoms with Crippen molar-refractivity contribution in [3.63, 3.8) is 0 Å². The molecule has 0 aromatic rings. The molecule has 11 atom stereocenters. The highest BCUT2D eigenvalue weighted by molar-refractivity contribution is 5.66. The predicted molar refractivity (Wildman–Crippen MR) is 118 cm³/mol. The minimum Gasteiger partial charge on any atom is -0.481 e. The molecule has 172 valence electrons. The van der Waals surface area contributed by atoms with Crippen LogP contribution < -0.4 is 0 Å². The molecule has 0 aromatic carbocycles. The van der Waals surface area contributed by atoms with Gasteiger partial charge in [0.15, 0.2) is 0 Å². The molecular weight excluding hydrogens is 376 g/mol. The van der Waals surface area contributed by atoms with E-state index < -0.39 is 30.9 Å². The molecule has 0 heterocycles. The molecule has 0 saturated heterocycles. The highest BCUT2D eigenvalue weighted by Gasteiger charge is 2.64.